The number of aromatic nitrogens is 1. The Hall–Kier alpha value is -2.67. The Labute approximate surface area is 158 Å². The molecule has 0 aliphatic rings. The summed E-state index contributed by atoms with van der Waals surface area (Å²) in [6.45, 7) is -0.177. The topological polar surface area (TPSA) is 54.1 Å². The molecule has 0 radical (unpaired) electrons. The van der Waals surface area contributed by atoms with Gasteiger partial charge < -0.3 is 15.0 Å². The Morgan fingerprint density at radius 2 is 1.93 bits per heavy atom. The number of carbonyl (C=O) groups excluding carboxylic acids is 1. The van der Waals surface area contributed by atoms with Crippen molar-refractivity contribution in [2.75, 3.05) is 6.54 Å². The number of benzene rings is 2. The number of nitrogens with one attached hydrogen (secondary N) is 2. The molecule has 0 atom stereocenters. The Morgan fingerprint density at radius 1 is 1.15 bits per heavy atom. The Morgan fingerprint density at radius 3 is 2.70 bits per heavy atom. The van der Waals surface area contributed by atoms with Gasteiger partial charge in [0.1, 0.15) is 6.61 Å². The summed E-state index contributed by atoms with van der Waals surface area (Å²) < 4.78 is 43.7. The van der Waals surface area contributed by atoms with Crippen molar-refractivity contribution in [2.45, 2.75) is 19.2 Å². The fourth-order valence-electron chi connectivity index (χ4n) is 2.77. The first kappa shape index (κ1) is 19.1. The number of hydrogen-bond acceptors (Lipinski definition) is 2. The molecule has 0 spiro atoms. The third-order valence-corrected chi connectivity index (χ3v) is 4.31. The SMILES string of the molecule is O=C(NCCc1c[nH]c2ccc(Cl)cc12)OCc1ccccc1C(F)(F)F. The number of alkyl carbamates (subject to hydrolysis) is 1. The highest BCUT2D eigenvalue weighted by Crippen LogP contribution is 2.32. The summed E-state index contributed by atoms with van der Waals surface area (Å²) in [6, 6.07) is 10.5. The van der Waals surface area contributed by atoms with Crippen LogP contribution in [0, 0.1) is 0 Å². The van der Waals surface area contributed by atoms with Crippen LogP contribution in [0.3, 0.4) is 0 Å². The number of hydrogen-bond donors (Lipinski definition) is 2. The maximum atomic E-state index is 12.9. The average molecular weight is 397 g/mol. The van der Waals surface area contributed by atoms with Gasteiger partial charge in [-0.15, -0.1) is 0 Å². The van der Waals surface area contributed by atoms with Gasteiger partial charge in [0.05, 0.1) is 5.56 Å². The van der Waals surface area contributed by atoms with Crippen LogP contribution in [-0.4, -0.2) is 17.6 Å². The van der Waals surface area contributed by atoms with E-state index in [2.05, 4.69) is 10.3 Å². The van der Waals surface area contributed by atoms with Crippen LogP contribution < -0.4 is 5.32 Å². The van der Waals surface area contributed by atoms with E-state index in [0.29, 0.717) is 11.4 Å². The van der Waals surface area contributed by atoms with Crippen molar-refractivity contribution in [1.29, 1.82) is 0 Å². The molecule has 0 aliphatic carbocycles. The summed E-state index contributed by atoms with van der Waals surface area (Å²) in [6.07, 6.45) is -2.92. The quantitative estimate of drug-likeness (QED) is 0.614. The van der Waals surface area contributed by atoms with Gasteiger partial charge in [-0.05, 0) is 36.2 Å². The normalized spacial score (nSPS) is 11.6. The largest absolute Gasteiger partial charge is 0.445 e. The molecule has 0 bridgehead atoms. The molecule has 4 nitrogen and oxygen atoms in total. The Kier molecular flexibility index (Phi) is 5.60. The third-order valence-electron chi connectivity index (χ3n) is 4.07. The van der Waals surface area contributed by atoms with E-state index in [4.69, 9.17) is 16.3 Å². The van der Waals surface area contributed by atoms with Crippen molar-refractivity contribution in [3.05, 3.63) is 70.4 Å². The molecule has 3 rings (SSSR count). The second kappa shape index (κ2) is 7.92. The van der Waals surface area contributed by atoms with E-state index >= 15 is 0 Å². The molecule has 1 aromatic heterocycles. The lowest BCUT2D eigenvalue weighted by atomic mass is 10.1. The molecule has 142 valence electrons. The highest BCUT2D eigenvalue weighted by molar-refractivity contribution is 6.31. The molecule has 2 aromatic carbocycles. The van der Waals surface area contributed by atoms with E-state index in [1.165, 1.54) is 18.2 Å². The van der Waals surface area contributed by atoms with Gasteiger partial charge in [0, 0.05) is 34.2 Å². The number of rotatable bonds is 5. The number of aromatic amines is 1. The lowest BCUT2D eigenvalue weighted by Gasteiger charge is -2.13. The van der Waals surface area contributed by atoms with E-state index in [1.54, 1.807) is 6.07 Å². The number of ether oxygens (including phenoxy) is 1. The molecule has 1 amide bonds. The zero-order valence-electron chi connectivity index (χ0n) is 14.1. The van der Waals surface area contributed by atoms with Gasteiger partial charge in [0.25, 0.3) is 0 Å². The van der Waals surface area contributed by atoms with Crippen LogP contribution >= 0.6 is 11.6 Å². The first-order valence-corrected chi connectivity index (χ1v) is 8.53. The van der Waals surface area contributed by atoms with E-state index in [1.807, 2.05) is 18.3 Å². The zero-order valence-corrected chi connectivity index (χ0v) is 14.8. The standard InChI is InChI=1S/C19H16ClF3N2O2/c20-14-5-6-17-15(9-14)12(10-25-17)7-8-24-18(26)27-11-13-3-1-2-4-16(13)19(21,22)23/h1-6,9-10,25H,7-8,11H2,(H,24,26). The maximum absolute atomic E-state index is 12.9. The van der Waals surface area contributed by atoms with Crippen LogP contribution in [0.4, 0.5) is 18.0 Å². The van der Waals surface area contributed by atoms with Gasteiger partial charge in [-0.25, -0.2) is 4.79 Å². The molecular weight excluding hydrogens is 381 g/mol. The fraction of sp³-hybridized carbons (Fsp3) is 0.211. The molecule has 0 unspecified atom stereocenters. The van der Waals surface area contributed by atoms with Crippen LogP contribution in [0.5, 0.6) is 0 Å². The summed E-state index contributed by atoms with van der Waals surface area (Å²) in [5.41, 5.74) is 0.996. The molecule has 0 aliphatic heterocycles. The minimum atomic E-state index is -4.49. The third kappa shape index (κ3) is 4.74. The number of halogens is 4. The molecule has 27 heavy (non-hydrogen) atoms. The second-order valence-electron chi connectivity index (χ2n) is 5.91. The van der Waals surface area contributed by atoms with E-state index in [-0.39, 0.29) is 12.1 Å². The molecule has 8 heteroatoms. The highest BCUT2D eigenvalue weighted by Gasteiger charge is 2.33. The predicted octanol–water partition coefficient (Wildman–Crippen LogP) is 5.31. The van der Waals surface area contributed by atoms with Crippen LogP contribution in [0.2, 0.25) is 5.02 Å². The predicted molar refractivity (Wildman–Crippen MR) is 96.6 cm³/mol. The number of fused-ring (bicyclic) bond motifs is 1. The van der Waals surface area contributed by atoms with Crippen molar-refractivity contribution in [3.63, 3.8) is 0 Å². The second-order valence-corrected chi connectivity index (χ2v) is 6.35. The monoisotopic (exact) mass is 396 g/mol. The minimum Gasteiger partial charge on any atom is -0.445 e. The van der Waals surface area contributed by atoms with Crippen molar-refractivity contribution < 1.29 is 22.7 Å². The molecule has 0 saturated heterocycles. The number of amides is 1. The summed E-state index contributed by atoms with van der Waals surface area (Å²) in [4.78, 5) is 14.9. The summed E-state index contributed by atoms with van der Waals surface area (Å²) in [5, 5.41) is 4.11. The summed E-state index contributed by atoms with van der Waals surface area (Å²) in [7, 11) is 0. The first-order chi connectivity index (χ1) is 12.8. The van der Waals surface area contributed by atoms with Crippen molar-refractivity contribution in [2.24, 2.45) is 0 Å². The van der Waals surface area contributed by atoms with Gasteiger partial charge in [-0.3, -0.25) is 0 Å². The van der Waals surface area contributed by atoms with Crippen molar-refractivity contribution in [3.8, 4) is 0 Å². The number of alkyl halides is 3. The van der Waals surface area contributed by atoms with Gasteiger partial charge >= 0.3 is 12.3 Å². The van der Waals surface area contributed by atoms with Crippen molar-refractivity contribution in [1.82, 2.24) is 10.3 Å². The summed E-state index contributed by atoms with van der Waals surface area (Å²) >= 11 is 5.99. The smallest absolute Gasteiger partial charge is 0.416 e. The lowest BCUT2D eigenvalue weighted by molar-refractivity contribution is -0.138. The van der Waals surface area contributed by atoms with Crippen LogP contribution in [0.15, 0.2) is 48.7 Å². The van der Waals surface area contributed by atoms with Gasteiger partial charge in [0.2, 0.25) is 0 Å². The van der Waals surface area contributed by atoms with Crippen molar-refractivity contribution >= 4 is 28.6 Å². The lowest BCUT2D eigenvalue weighted by Crippen LogP contribution is -2.26. The minimum absolute atomic E-state index is 0.0913. The van der Waals surface area contributed by atoms with E-state index in [0.717, 1.165) is 22.5 Å². The highest BCUT2D eigenvalue weighted by atomic mass is 35.5. The first-order valence-electron chi connectivity index (χ1n) is 8.16. The number of H-pyrrole nitrogens is 1. The molecule has 3 aromatic rings. The fourth-order valence-corrected chi connectivity index (χ4v) is 2.95. The van der Waals surface area contributed by atoms with E-state index in [9.17, 15) is 18.0 Å². The average Bonchev–Trinajstić information content (AvgIpc) is 3.02. The Balaban J connectivity index is 1.53. The molecule has 2 N–H and O–H groups in total. The molecule has 0 fully saturated rings. The number of carbonyl (C=O) groups is 1. The Bertz CT molecular complexity index is 954. The van der Waals surface area contributed by atoms with Gasteiger partial charge in [0.15, 0.2) is 0 Å². The van der Waals surface area contributed by atoms with Gasteiger partial charge in [-0.2, -0.15) is 13.2 Å². The molecule has 1 heterocycles. The molecule has 0 saturated carbocycles. The van der Waals surface area contributed by atoms with Crippen LogP contribution in [0.25, 0.3) is 10.9 Å². The van der Waals surface area contributed by atoms with E-state index < -0.39 is 24.4 Å². The molecular formula is C19H16ClF3N2O2. The van der Waals surface area contributed by atoms with Crippen LogP contribution in [0.1, 0.15) is 16.7 Å². The maximum Gasteiger partial charge on any atom is 0.416 e. The van der Waals surface area contributed by atoms with Crippen LogP contribution in [-0.2, 0) is 23.9 Å². The summed E-state index contributed by atoms with van der Waals surface area (Å²) in [5.74, 6) is 0. The van der Waals surface area contributed by atoms with Gasteiger partial charge in [-0.1, -0.05) is 29.8 Å². The zero-order chi connectivity index (χ0) is 19.4.